The van der Waals surface area contributed by atoms with Crippen LogP contribution in [0.15, 0.2) is 24.3 Å². The van der Waals surface area contributed by atoms with Gasteiger partial charge in [0.2, 0.25) is 5.91 Å². The summed E-state index contributed by atoms with van der Waals surface area (Å²) in [5, 5.41) is 8.89. The van der Waals surface area contributed by atoms with Crippen molar-refractivity contribution >= 4 is 17.6 Å². The van der Waals surface area contributed by atoms with Gasteiger partial charge in [-0.05, 0) is 18.1 Å². The number of rotatable bonds is 2. The number of para-hydroxylation sites is 1. The molecule has 94 valence electrons. The predicted octanol–water partition coefficient (Wildman–Crippen LogP) is 1.86. The molecule has 1 amide bonds. The quantitative estimate of drug-likeness (QED) is 0.865. The molecule has 18 heavy (non-hydrogen) atoms. The van der Waals surface area contributed by atoms with Crippen LogP contribution in [0.3, 0.4) is 0 Å². The van der Waals surface area contributed by atoms with E-state index >= 15 is 0 Å². The van der Waals surface area contributed by atoms with Crippen molar-refractivity contribution in [3.63, 3.8) is 0 Å². The smallest absolute Gasteiger partial charge is 0.307 e. The summed E-state index contributed by atoms with van der Waals surface area (Å²) < 4.78 is 0. The van der Waals surface area contributed by atoms with E-state index in [4.69, 9.17) is 5.11 Å². The second-order valence-corrected chi connectivity index (χ2v) is 5.20. The van der Waals surface area contributed by atoms with Crippen LogP contribution in [0.5, 0.6) is 0 Å². The van der Waals surface area contributed by atoms with Crippen LogP contribution in [0.1, 0.15) is 24.8 Å². The number of carbonyl (C=O) groups excluding carboxylic acids is 1. The van der Waals surface area contributed by atoms with Crippen molar-refractivity contribution in [1.29, 1.82) is 0 Å². The summed E-state index contributed by atoms with van der Waals surface area (Å²) in [6.07, 6.45) is 0.487. The Kier molecular flexibility index (Phi) is 2.40. The molecule has 1 heterocycles. The van der Waals surface area contributed by atoms with Crippen molar-refractivity contribution in [1.82, 2.24) is 0 Å². The summed E-state index contributed by atoms with van der Waals surface area (Å²) in [6, 6.07) is 7.86. The topological polar surface area (TPSA) is 57.6 Å². The molecule has 4 heteroatoms. The molecule has 1 aromatic carbocycles. The van der Waals surface area contributed by atoms with E-state index in [0.717, 1.165) is 5.69 Å². The number of fused-ring (bicyclic) bond motifs is 1. The first kappa shape index (κ1) is 11.3. The minimum Gasteiger partial charge on any atom is -0.481 e. The van der Waals surface area contributed by atoms with Crippen LogP contribution in [-0.4, -0.2) is 23.5 Å². The highest BCUT2D eigenvalue weighted by Crippen LogP contribution is 2.44. The molecule has 2 aliphatic rings. The number of anilines is 1. The molecule has 1 fully saturated rings. The lowest BCUT2D eigenvalue weighted by atomic mass is 10.0. The Balaban J connectivity index is 1.83. The molecule has 1 saturated carbocycles. The van der Waals surface area contributed by atoms with E-state index in [2.05, 4.69) is 6.92 Å². The first-order valence-electron chi connectivity index (χ1n) is 6.22. The SMILES string of the molecule is C[C@@H]1CN(C(=O)[C@H]2C[C@H]2C(=O)O)c2ccccc21. The normalized spacial score (nSPS) is 28.9. The lowest BCUT2D eigenvalue weighted by molar-refractivity contribution is -0.140. The number of nitrogens with zero attached hydrogens (tertiary/aromatic N) is 1. The standard InChI is InChI=1S/C14H15NO3/c1-8-7-15(12-5-3-2-4-9(8)12)13(16)10-6-11(10)14(17)18/h2-5,8,10-11H,6-7H2,1H3,(H,17,18)/t8-,10+,11-/m1/s1. The number of amides is 1. The van der Waals surface area contributed by atoms with Crippen LogP contribution < -0.4 is 4.90 Å². The van der Waals surface area contributed by atoms with Gasteiger partial charge in [-0.1, -0.05) is 25.1 Å². The Morgan fingerprint density at radius 3 is 2.67 bits per heavy atom. The van der Waals surface area contributed by atoms with Gasteiger partial charge in [-0.15, -0.1) is 0 Å². The Morgan fingerprint density at radius 1 is 1.28 bits per heavy atom. The Labute approximate surface area is 105 Å². The number of hydrogen-bond acceptors (Lipinski definition) is 2. The third kappa shape index (κ3) is 1.60. The maximum absolute atomic E-state index is 12.3. The van der Waals surface area contributed by atoms with Gasteiger partial charge >= 0.3 is 5.97 Å². The van der Waals surface area contributed by atoms with Crippen molar-refractivity contribution in [3.8, 4) is 0 Å². The molecule has 4 nitrogen and oxygen atoms in total. The van der Waals surface area contributed by atoms with Gasteiger partial charge in [0.15, 0.2) is 0 Å². The van der Waals surface area contributed by atoms with Crippen molar-refractivity contribution in [2.75, 3.05) is 11.4 Å². The average molecular weight is 245 g/mol. The summed E-state index contributed by atoms with van der Waals surface area (Å²) in [7, 11) is 0. The number of carboxylic acid groups (broad SMARTS) is 1. The van der Waals surface area contributed by atoms with Crippen LogP contribution in [-0.2, 0) is 9.59 Å². The van der Waals surface area contributed by atoms with E-state index in [1.54, 1.807) is 4.90 Å². The van der Waals surface area contributed by atoms with Crippen molar-refractivity contribution in [2.24, 2.45) is 11.8 Å². The lowest BCUT2D eigenvalue weighted by Crippen LogP contribution is -2.31. The zero-order valence-electron chi connectivity index (χ0n) is 10.2. The minimum absolute atomic E-state index is 0.0285. The molecular formula is C14H15NO3. The molecule has 1 aliphatic heterocycles. The third-order valence-electron chi connectivity index (χ3n) is 3.91. The molecular weight excluding hydrogens is 230 g/mol. The van der Waals surface area contributed by atoms with E-state index in [0.29, 0.717) is 18.9 Å². The van der Waals surface area contributed by atoms with Crippen molar-refractivity contribution in [3.05, 3.63) is 29.8 Å². The molecule has 0 bridgehead atoms. The molecule has 0 aromatic heterocycles. The summed E-state index contributed by atoms with van der Waals surface area (Å²) >= 11 is 0. The Hall–Kier alpha value is -1.84. The van der Waals surface area contributed by atoms with Crippen LogP contribution in [0, 0.1) is 11.8 Å². The number of hydrogen-bond donors (Lipinski definition) is 1. The first-order valence-corrected chi connectivity index (χ1v) is 6.22. The Bertz CT molecular complexity index is 526. The Morgan fingerprint density at radius 2 is 2.00 bits per heavy atom. The molecule has 1 N–H and O–H groups in total. The van der Waals surface area contributed by atoms with Gasteiger partial charge in [0.05, 0.1) is 11.8 Å². The highest BCUT2D eigenvalue weighted by Gasteiger charge is 2.51. The summed E-state index contributed by atoms with van der Waals surface area (Å²) in [6.45, 7) is 2.76. The van der Waals surface area contributed by atoms with E-state index < -0.39 is 11.9 Å². The zero-order valence-corrected chi connectivity index (χ0v) is 10.2. The largest absolute Gasteiger partial charge is 0.481 e. The summed E-state index contributed by atoms with van der Waals surface area (Å²) in [5.74, 6) is -1.35. The minimum atomic E-state index is -0.853. The van der Waals surface area contributed by atoms with E-state index in [-0.39, 0.29) is 11.8 Å². The lowest BCUT2D eigenvalue weighted by Gasteiger charge is -2.17. The number of carbonyl (C=O) groups is 2. The highest BCUT2D eigenvalue weighted by atomic mass is 16.4. The number of benzene rings is 1. The van der Waals surface area contributed by atoms with Gasteiger partial charge in [0.25, 0.3) is 0 Å². The second-order valence-electron chi connectivity index (χ2n) is 5.20. The third-order valence-corrected chi connectivity index (χ3v) is 3.91. The molecule has 0 saturated heterocycles. The highest BCUT2D eigenvalue weighted by molar-refractivity contribution is 6.01. The van der Waals surface area contributed by atoms with Gasteiger partial charge < -0.3 is 10.0 Å². The molecule has 0 spiro atoms. The predicted molar refractivity (Wildman–Crippen MR) is 66.4 cm³/mol. The molecule has 0 radical (unpaired) electrons. The molecule has 3 rings (SSSR count). The monoisotopic (exact) mass is 245 g/mol. The summed E-state index contributed by atoms with van der Waals surface area (Å²) in [5.41, 5.74) is 2.13. The van der Waals surface area contributed by atoms with Crippen LogP contribution in [0.4, 0.5) is 5.69 Å². The fraction of sp³-hybridized carbons (Fsp3) is 0.429. The molecule has 1 aromatic rings. The first-order chi connectivity index (χ1) is 8.59. The van der Waals surface area contributed by atoms with Gasteiger partial charge in [-0.25, -0.2) is 0 Å². The van der Waals surface area contributed by atoms with Crippen LogP contribution in [0.2, 0.25) is 0 Å². The van der Waals surface area contributed by atoms with Gasteiger partial charge in [0.1, 0.15) is 0 Å². The van der Waals surface area contributed by atoms with Gasteiger partial charge in [-0.2, -0.15) is 0 Å². The van der Waals surface area contributed by atoms with Gasteiger partial charge in [0, 0.05) is 18.2 Å². The number of carboxylic acids is 1. The van der Waals surface area contributed by atoms with E-state index in [1.807, 2.05) is 24.3 Å². The van der Waals surface area contributed by atoms with E-state index in [9.17, 15) is 9.59 Å². The van der Waals surface area contributed by atoms with Crippen molar-refractivity contribution < 1.29 is 14.7 Å². The van der Waals surface area contributed by atoms with E-state index in [1.165, 1.54) is 5.56 Å². The van der Waals surface area contributed by atoms with Crippen LogP contribution >= 0.6 is 0 Å². The van der Waals surface area contributed by atoms with Crippen molar-refractivity contribution in [2.45, 2.75) is 19.3 Å². The van der Waals surface area contributed by atoms with Crippen LogP contribution in [0.25, 0.3) is 0 Å². The van der Waals surface area contributed by atoms with Gasteiger partial charge in [-0.3, -0.25) is 9.59 Å². The average Bonchev–Trinajstić information content (AvgIpc) is 3.09. The molecule has 0 unspecified atom stereocenters. The zero-order chi connectivity index (χ0) is 12.9. The maximum atomic E-state index is 12.3. The molecule has 1 aliphatic carbocycles. The molecule has 3 atom stereocenters. The number of aliphatic carboxylic acids is 1. The second kappa shape index (κ2) is 3.83. The fourth-order valence-electron chi connectivity index (χ4n) is 2.77. The fourth-order valence-corrected chi connectivity index (χ4v) is 2.77. The summed E-state index contributed by atoms with van der Waals surface area (Å²) in [4.78, 5) is 24.9. The maximum Gasteiger partial charge on any atom is 0.307 e.